The number of benzene rings is 2. The lowest BCUT2D eigenvalue weighted by Gasteiger charge is -2.14. The standard InChI is InChI=1S/C22H26O2/c1-14(2)21(23)19-10-6-17(7-11-19)16(5)18-8-12-20(13-9-18)22(24)15(3)4/h6-16H,1-5H3. The number of ketones is 2. The molecule has 2 aromatic rings. The number of hydrogen-bond donors (Lipinski definition) is 0. The maximum atomic E-state index is 12.0. The molecule has 0 bridgehead atoms. The van der Waals surface area contributed by atoms with E-state index in [0.29, 0.717) is 0 Å². The lowest BCUT2D eigenvalue weighted by Crippen LogP contribution is -2.08. The fraction of sp³-hybridized carbons (Fsp3) is 0.364. The van der Waals surface area contributed by atoms with Crippen molar-refractivity contribution >= 4 is 11.6 Å². The van der Waals surface area contributed by atoms with Crippen LogP contribution in [-0.4, -0.2) is 11.6 Å². The molecule has 2 heteroatoms. The molecule has 0 atom stereocenters. The summed E-state index contributed by atoms with van der Waals surface area (Å²) in [6.07, 6.45) is 0. The number of hydrogen-bond acceptors (Lipinski definition) is 2. The van der Waals surface area contributed by atoms with Crippen LogP contribution in [0.15, 0.2) is 48.5 Å². The molecule has 0 amide bonds. The molecule has 0 heterocycles. The van der Waals surface area contributed by atoms with Crippen LogP contribution >= 0.6 is 0 Å². The Labute approximate surface area is 144 Å². The first kappa shape index (κ1) is 18.1. The summed E-state index contributed by atoms with van der Waals surface area (Å²) in [4.78, 5) is 24.0. The second-order valence-electron chi connectivity index (χ2n) is 7.00. The van der Waals surface area contributed by atoms with Crippen molar-refractivity contribution in [3.05, 3.63) is 70.8 Å². The molecule has 24 heavy (non-hydrogen) atoms. The molecule has 0 saturated carbocycles. The van der Waals surface area contributed by atoms with E-state index in [1.807, 2.05) is 76.2 Å². The number of Topliss-reactive ketones (excluding diaryl/α,β-unsaturated/α-hetero) is 2. The van der Waals surface area contributed by atoms with Crippen molar-refractivity contribution in [2.75, 3.05) is 0 Å². The summed E-state index contributed by atoms with van der Waals surface area (Å²) in [7, 11) is 0. The van der Waals surface area contributed by atoms with Gasteiger partial charge in [0.25, 0.3) is 0 Å². The van der Waals surface area contributed by atoms with Gasteiger partial charge in [-0.3, -0.25) is 9.59 Å². The van der Waals surface area contributed by atoms with E-state index in [-0.39, 0.29) is 29.3 Å². The summed E-state index contributed by atoms with van der Waals surface area (Å²) in [5.74, 6) is 0.589. The van der Waals surface area contributed by atoms with Crippen molar-refractivity contribution in [1.29, 1.82) is 0 Å². The van der Waals surface area contributed by atoms with Crippen molar-refractivity contribution < 1.29 is 9.59 Å². The minimum absolute atomic E-state index is 0.0133. The molecule has 2 aromatic carbocycles. The fourth-order valence-electron chi connectivity index (χ4n) is 2.73. The Kier molecular flexibility index (Phi) is 5.71. The van der Waals surface area contributed by atoms with Gasteiger partial charge >= 0.3 is 0 Å². The minimum atomic E-state index is 0.0133. The third kappa shape index (κ3) is 4.00. The first-order valence-electron chi connectivity index (χ1n) is 8.59. The second kappa shape index (κ2) is 7.57. The van der Waals surface area contributed by atoms with Gasteiger partial charge in [-0.1, -0.05) is 83.1 Å². The minimum Gasteiger partial charge on any atom is -0.294 e. The molecule has 0 saturated heterocycles. The van der Waals surface area contributed by atoms with Gasteiger partial charge in [0, 0.05) is 28.9 Å². The summed E-state index contributed by atoms with van der Waals surface area (Å²) in [5, 5.41) is 0. The molecule has 2 nitrogen and oxygen atoms in total. The largest absolute Gasteiger partial charge is 0.294 e. The Balaban J connectivity index is 2.18. The SMILES string of the molecule is CC(C)C(=O)c1ccc(C(C)c2ccc(C(=O)C(C)C)cc2)cc1. The van der Waals surface area contributed by atoms with Gasteiger partial charge in [-0.15, -0.1) is 0 Å². The Morgan fingerprint density at radius 2 is 0.875 bits per heavy atom. The molecule has 0 fully saturated rings. The molecule has 0 N–H and O–H groups in total. The molecular weight excluding hydrogens is 296 g/mol. The third-order valence-corrected chi connectivity index (χ3v) is 4.44. The van der Waals surface area contributed by atoms with E-state index < -0.39 is 0 Å². The molecule has 126 valence electrons. The third-order valence-electron chi connectivity index (χ3n) is 4.44. The normalized spacial score (nSPS) is 11.3. The summed E-state index contributed by atoms with van der Waals surface area (Å²) in [5.41, 5.74) is 3.86. The van der Waals surface area contributed by atoms with Crippen LogP contribution in [0.5, 0.6) is 0 Å². The van der Waals surface area contributed by atoms with E-state index in [9.17, 15) is 9.59 Å². The zero-order valence-corrected chi connectivity index (χ0v) is 15.2. The zero-order valence-electron chi connectivity index (χ0n) is 15.2. The van der Waals surface area contributed by atoms with Crippen LogP contribution in [0.4, 0.5) is 0 Å². The van der Waals surface area contributed by atoms with Gasteiger partial charge in [0.2, 0.25) is 0 Å². The van der Waals surface area contributed by atoms with Crippen LogP contribution in [-0.2, 0) is 0 Å². The molecule has 0 aliphatic rings. The topological polar surface area (TPSA) is 34.1 Å². The van der Waals surface area contributed by atoms with Crippen molar-refractivity contribution in [3.63, 3.8) is 0 Å². The lowest BCUT2D eigenvalue weighted by molar-refractivity contribution is 0.0932. The molecule has 0 aliphatic heterocycles. The summed E-state index contributed by atoms with van der Waals surface area (Å²) in [6, 6.07) is 15.7. The summed E-state index contributed by atoms with van der Waals surface area (Å²) < 4.78 is 0. The Morgan fingerprint density at radius 1 is 0.583 bits per heavy atom. The van der Waals surface area contributed by atoms with E-state index in [1.54, 1.807) is 0 Å². The van der Waals surface area contributed by atoms with E-state index in [0.717, 1.165) is 11.1 Å². The summed E-state index contributed by atoms with van der Waals surface area (Å²) >= 11 is 0. The monoisotopic (exact) mass is 322 g/mol. The number of carbonyl (C=O) groups is 2. The van der Waals surface area contributed by atoms with Crippen molar-refractivity contribution in [2.24, 2.45) is 11.8 Å². The van der Waals surface area contributed by atoms with Crippen LogP contribution in [0.3, 0.4) is 0 Å². The molecule has 2 rings (SSSR count). The average Bonchev–Trinajstić information content (AvgIpc) is 2.60. The van der Waals surface area contributed by atoms with Gasteiger partial charge < -0.3 is 0 Å². The molecule has 0 unspecified atom stereocenters. The Hall–Kier alpha value is -2.22. The van der Waals surface area contributed by atoms with E-state index in [4.69, 9.17) is 0 Å². The van der Waals surface area contributed by atoms with Crippen molar-refractivity contribution in [2.45, 2.75) is 40.5 Å². The van der Waals surface area contributed by atoms with Crippen LogP contribution in [0.2, 0.25) is 0 Å². The smallest absolute Gasteiger partial charge is 0.165 e. The lowest BCUT2D eigenvalue weighted by atomic mass is 9.90. The summed E-state index contributed by atoms with van der Waals surface area (Å²) in [6.45, 7) is 9.80. The van der Waals surface area contributed by atoms with Gasteiger partial charge in [0.15, 0.2) is 11.6 Å². The predicted molar refractivity (Wildman–Crippen MR) is 98.7 cm³/mol. The van der Waals surface area contributed by atoms with Crippen LogP contribution in [0.1, 0.15) is 72.4 Å². The van der Waals surface area contributed by atoms with Crippen molar-refractivity contribution in [3.8, 4) is 0 Å². The van der Waals surface area contributed by atoms with Gasteiger partial charge in [-0.05, 0) is 11.1 Å². The Morgan fingerprint density at radius 3 is 1.12 bits per heavy atom. The zero-order chi connectivity index (χ0) is 17.9. The van der Waals surface area contributed by atoms with Crippen LogP contribution < -0.4 is 0 Å². The quantitative estimate of drug-likeness (QED) is 0.657. The molecular formula is C22H26O2. The van der Waals surface area contributed by atoms with Crippen LogP contribution in [0.25, 0.3) is 0 Å². The fourth-order valence-corrected chi connectivity index (χ4v) is 2.73. The maximum Gasteiger partial charge on any atom is 0.165 e. The van der Waals surface area contributed by atoms with Gasteiger partial charge in [-0.25, -0.2) is 0 Å². The molecule has 0 radical (unpaired) electrons. The average molecular weight is 322 g/mol. The first-order valence-corrected chi connectivity index (χ1v) is 8.59. The highest BCUT2D eigenvalue weighted by atomic mass is 16.1. The van der Waals surface area contributed by atoms with E-state index in [2.05, 4.69) is 6.92 Å². The molecule has 0 aliphatic carbocycles. The van der Waals surface area contributed by atoms with Gasteiger partial charge in [0.05, 0.1) is 0 Å². The Bertz CT molecular complexity index is 643. The number of carbonyl (C=O) groups excluding carboxylic acids is 2. The van der Waals surface area contributed by atoms with Crippen LogP contribution in [0, 0.1) is 11.8 Å². The van der Waals surface area contributed by atoms with Gasteiger partial charge in [0.1, 0.15) is 0 Å². The predicted octanol–water partition coefficient (Wildman–Crippen LogP) is 5.52. The highest BCUT2D eigenvalue weighted by molar-refractivity contribution is 5.98. The van der Waals surface area contributed by atoms with E-state index >= 15 is 0 Å². The van der Waals surface area contributed by atoms with Crippen molar-refractivity contribution in [1.82, 2.24) is 0 Å². The van der Waals surface area contributed by atoms with E-state index in [1.165, 1.54) is 11.1 Å². The highest BCUT2D eigenvalue weighted by Gasteiger charge is 2.14. The number of rotatable bonds is 6. The molecule has 0 spiro atoms. The highest BCUT2D eigenvalue weighted by Crippen LogP contribution is 2.25. The molecule has 0 aromatic heterocycles. The second-order valence-corrected chi connectivity index (χ2v) is 7.00. The van der Waals surface area contributed by atoms with Gasteiger partial charge in [-0.2, -0.15) is 0 Å². The first-order chi connectivity index (χ1) is 11.3. The maximum absolute atomic E-state index is 12.0.